The van der Waals surface area contributed by atoms with Crippen molar-refractivity contribution in [1.82, 2.24) is 10.3 Å². The number of pyridine rings is 1. The van der Waals surface area contributed by atoms with E-state index in [-0.39, 0.29) is 17.1 Å². The molecule has 146 valence electrons. The number of nitrogens with one attached hydrogen (secondary N) is 1. The summed E-state index contributed by atoms with van der Waals surface area (Å²) in [5.74, 6) is 0.350. The van der Waals surface area contributed by atoms with Crippen LogP contribution in [0.3, 0.4) is 0 Å². The molecule has 2 heterocycles. The summed E-state index contributed by atoms with van der Waals surface area (Å²) in [5.41, 5.74) is 3.27. The highest BCUT2D eigenvalue weighted by Crippen LogP contribution is 2.25. The minimum absolute atomic E-state index is 0.212. The number of carbonyl (C=O) groups is 2. The third kappa shape index (κ3) is 5.66. The van der Waals surface area contributed by atoms with Crippen molar-refractivity contribution in [3.05, 3.63) is 59.4 Å². The van der Waals surface area contributed by atoms with Gasteiger partial charge in [-0.25, -0.2) is 0 Å². The lowest BCUT2D eigenvalue weighted by atomic mass is 10.1. The fourth-order valence-corrected chi connectivity index (χ4v) is 3.79. The van der Waals surface area contributed by atoms with Gasteiger partial charge >= 0.3 is 0 Å². The number of carbonyl (C=O) groups excluding carboxylic acids is 2. The Morgan fingerprint density at radius 1 is 1.18 bits per heavy atom. The van der Waals surface area contributed by atoms with Crippen molar-refractivity contribution in [2.75, 3.05) is 6.61 Å². The minimum atomic E-state index is -0.300. The van der Waals surface area contributed by atoms with E-state index in [4.69, 9.17) is 4.74 Å². The molecule has 7 heteroatoms. The number of thioether (sulfide) groups is 1. The summed E-state index contributed by atoms with van der Waals surface area (Å²) in [6, 6.07) is 11.9. The smallest absolute Gasteiger partial charge is 0.262 e. The van der Waals surface area contributed by atoms with Crippen molar-refractivity contribution < 1.29 is 14.3 Å². The van der Waals surface area contributed by atoms with Crippen LogP contribution in [-0.2, 0) is 28.9 Å². The lowest BCUT2D eigenvalue weighted by molar-refractivity contribution is -0.117. The molecular formula is C21H23N3O3S. The van der Waals surface area contributed by atoms with Gasteiger partial charge in [-0.2, -0.15) is 4.99 Å². The second-order valence-corrected chi connectivity index (χ2v) is 7.69. The van der Waals surface area contributed by atoms with Crippen molar-refractivity contribution in [3.8, 4) is 5.75 Å². The topological polar surface area (TPSA) is 80.6 Å². The summed E-state index contributed by atoms with van der Waals surface area (Å²) >= 11 is 1.29. The number of aliphatic imine (C=N–C) groups is 1. The molecule has 1 N–H and O–H groups in total. The Labute approximate surface area is 168 Å². The lowest BCUT2D eigenvalue weighted by Crippen LogP contribution is -2.24. The van der Waals surface area contributed by atoms with E-state index in [1.165, 1.54) is 24.2 Å². The number of hydrogen-bond acceptors (Lipinski definition) is 5. The number of ether oxygens (including phenoxy) is 1. The molecule has 3 rings (SSSR count). The van der Waals surface area contributed by atoms with Gasteiger partial charge in [-0.05, 0) is 42.2 Å². The van der Waals surface area contributed by atoms with Crippen LogP contribution in [0.1, 0.15) is 30.7 Å². The maximum absolute atomic E-state index is 12.0. The van der Waals surface area contributed by atoms with Gasteiger partial charge in [0.05, 0.1) is 11.9 Å². The SMILES string of the molecule is CCc1ccc(CCOc2ccc(CC3SC(NC(C)=O)=NC3=O)cc2)nc1. The Hall–Kier alpha value is -2.67. The van der Waals surface area contributed by atoms with Gasteiger partial charge in [-0.15, -0.1) is 0 Å². The quantitative estimate of drug-likeness (QED) is 0.777. The van der Waals surface area contributed by atoms with Crippen LogP contribution in [-0.4, -0.2) is 33.8 Å². The molecule has 0 bridgehead atoms. The highest BCUT2D eigenvalue weighted by molar-refractivity contribution is 8.15. The van der Waals surface area contributed by atoms with Crippen molar-refractivity contribution >= 4 is 28.7 Å². The molecular weight excluding hydrogens is 374 g/mol. The number of hydrogen-bond donors (Lipinski definition) is 1. The molecule has 1 aliphatic rings. The second kappa shape index (κ2) is 9.50. The number of amidine groups is 1. The summed E-state index contributed by atoms with van der Waals surface area (Å²) in [5, 5.41) is 2.65. The Kier molecular flexibility index (Phi) is 6.81. The van der Waals surface area contributed by atoms with E-state index < -0.39 is 0 Å². The van der Waals surface area contributed by atoms with Crippen LogP contribution in [0, 0.1) is 0 Å². The zero-order chi connectivity index (χ0) is 19.9. The van der Waals surface area contributed by atoms with Gasteiger partial charge in [0.15, 0.2) is 5.17 Å². The van der Waals surface area contributed by atoms with Crippen LogP contribution >= 0.6 is 11.8 Å². The molecule has 1 aromatic heterocycles. The van der Waals surface area contributed by atoms with Crippen molar-refractivity contribution in [2.24, 2.45) is 4.99 Å². The van der Waals surface area contributed by atoms with Crippen molar-refractivity contribution in [3.63, 3.8) is 0 Å². The summed E-state index contributed by atoms with van der Waals surface area (Å²) < 4.78 is 5.79. The van der Waals surface area contributed by atoms with E-state index >= 15 is 0 Å². The Balaban J connectivity index is 1.46. The zero-order valence-electron chi connectivity index (χ0n) is 16.0. The summed E-state index contributed by atoms with van der Waals surface area (Å²) in [4.78, 5) is 31.4. The number of aromatic nitrogens is 1. The molecule has 0 saturated heterocycles. The molecule has 1 atom stereocenters. The van der Waals surface area contributed by atoms with Gasteiger partial charge in [0.25, 0.3) is 5.91 Å². The summed E-state index contributed by atoms with van der Waals surface area (Å²) in [6.07, 6.45) is 4.21. The van der Waals surface area contributed by atoms with Crippen LogP contribution in [0.25, 0.3) is 0 Å². The summed E-state index contributed by atoms with van der Waals surface area (Å²) in [6.45, 7) is 4.07. The predicted octanol–water partition coefficient (Wildman–Crippen LogP) is 2.94. The van der Waals surface area contributed by atoms with Crippen molar-refractivity contribution in [2.45, 2.75) is 38.4 Å². The summed E-state index contributed by atoms with van der Waals surface area (Å²) in [7, 11) is 0. The maximum atomic E-state index is 12.0. The first-order valence-electron chi connectivity index (χ1n) is 9.26. The van der Waals surface area contributed by atoms with E-state index in [0.717, 1.165) is 29.8 Å². The van der Waals surface area contributed by atoms with Crippen LogP contribution in [0.15, 0.2) is 47.6 Å². The van der Waals surface area contributed by atoms with Gasteiger partial charge in [0.2, 0.25) is 5.91 Å². The number of rotatable bonds is 7. The van der Waals surface area contributed by atoms with Gasteiger partial charge in [0.1, 0.15) is 5.75 Å². The lowest BCUT2D eigenvalue weighted by Gasteiger charge is -2.09. The largest absolute Gasteiger partial charge is 0.493 e. The van der Waals surface area contributed by atoms with Crippen LogP contribution in [0.4, 0.5) is 0 Å². The molecule has 28 heavy (non-hydrogen) atoms. The van der Waals surface area contributed by atoms with Crippen LogP contribution in [0.2, 0.25) is 0 Å². The average Bonchev–Trinajstić information content (AvgIpc) is 3.02. The standard InChI is InChI=1S/C21H23N3O3S/c1-3-15-4-7-17(22-13-15)10-11-27-18-8-5-16(6-9-18)12-19-20(26)24-21(28-19)23-14(2)25/h4-9,13,19H,3,10-12H2,1-2H3,(H,23,24,25,26). The average molecular weight is 398 g/mol. The highest BCUT2D eigenvalue weighted by Gasteiger charge is 2.29. The molecule has 2 aromatic rings. The maximum Gasteiger partial charge on any atom is 0.262 e. The highest BCUT2D eigenvalue weighted by atomic mass is 32.2. The predicted molar refractivity (Wildman–Crippen MR) is 111 cm³/mol. The van der Waals surface area contributed by atoms with E-state index in [9.17, 15) is 9.59 Å². The monoisotopic (exact) mass is 397 g/mol. The van der Waals surface area contributed by atoms with Gasteiger partial charge in [-0.1, -0.05) is 36.9 Å². The van der Waals surface area contributed by atoms with Crippen LogP contribution < -0.4 is 10.1 Å². The van der Waals surface area contributed by atoms with E-state index in [0.29, 0.717) is 18.2 Å². The number of aryl methyl sites for hydroxylation is 1. The fraction of sp³-hybridized carbons (Fsp3) is 0.333. The second-order valence-electron chi connectivity index (χ2n) is 6.50. The zero-order valence-corrected chi connectivity index (χ0v) is 16.8. The molecule has 0 aliphatic carbocycles. The number of benzene rings is 1. The van der Waals surface area contributed by atoms with Gasteiger partial charge < -0.3 is 10.1 Å². The van der Waals surface area contributed by atoms with E-state index in [2.05, 4.69) is 28.3 Å². The Morgan fingerprint density at radius 2 is 1.93 bits per heavy atom. The number of nitrogens with zero attached hydrogens (tertiary/aromatic N) is 2. The third-order valence-electron chi connectivity index (χ3n) is 4.29. The first-order valence-corrected chi connectivity index (χ1v) is 10.1. The molecule has 1 aliphatic heterocycles. The molecule has 0 saturated carbocycles. The molecule has 1 aromatic carbocycles. The molecule has 6 nitrogen and oxygen atoms in total. The molecule has 0 fully saturated rings. The van der Waals surface area contributed by atoms with Crippen LogP contribution in [0.5, 0.6) is 5.75 Å². The Bertz CT molecular complexity index is 863. The third-order valence-corrected chi connectivity index (χ3v) is 5.36. The van der Waals surface area contributed by atoms with Crippen molar-refractivity contribution in [1.29, 1.82) is 0 Å². The first kappa shape index (κ1) is 20.1. The van der Waals surface area contributed by atoms with Gasteiger partial charge in [0, 0.05) is 25.2 Å². The molecule has 0 radical (unpaired) electrons. The normalized spacial score (nSPS) is 16.0. The first-order chi connectivity index (χ1) is 13.5. The molecule has 0 spiro atoms. The molecule has 1 unspecified atom stereocenters. The number of amides is 2. The molecule has 2 amide bonds. The fourth-order valence-electron chi connectivity index (χ4n) is 2.74. The van der Waals surface area contributed by atoms with Gasteiger partial charge in [-0.3, -0.25) is 14.6 Å². The van der Waals surface area contributed by atoms with E-state index in [1.807, 2.05) is 36.5 Å². The minimum Gasteiger partial charge on any atom is -0.493 e. The Morgan fingerprint density at radius 3 is 2.57 bits per heavy atom. The van der Waals surface area contributed by atoms with E-state index in [1.54, 1.807) is 0 Å².